The van der Waals surface area contributed by atoms with E-state index in [0.29, 0.717) is 40.2 Å². The van der Waals surface area contributed by atoms with E-state index in [0.717, 1.165) is 5.56 Å². The summed E-state index contributed by atoms with van der Waals surface area (Å²) in [4.78, 5) is 31.2. The summed E-state index contributed by atoms with van der Waals surface area (Å²) in [7, 11) is 1.32. The van der Waals surface area contributed by atoms with Crippen LogP contribution in [0.25, 0.3) is 6.08 Å². The smallest absolute Gasteiger partial charge is 0.337 e. The first-order valence-corrected chi connectivity index (χ1v) is 10.2. The number of benzene rings is 2. The minimum atomic E-state index is -0.447. The summed E-state index contributed by atoms with van der Waals surface area (Å²) in [5, 5.41) is 10.4. The van der Waals surface area contributed by atoms with E-state index in [-0.39, 0.29) is 11.7 Å². The first kappa shape index (κ1) is 21.4. The molecule has 1 N–H and O–H groups in total. The average Bonchev–Trinajstić information content (AvgIpc) is 3.04. The molecule has 0 atom stereocenters. The van der Waals surface area contributed by atoms with Crippen molar-refractivity contribution in [3.05, 3.63) is 58.5 Å². The highest BCUT2D eigenvalue weighted by molar-refractivity contribution is 8.18. The number of esters is 1. The van der Waals surface area contributed by atoms with Gasteiger partial charge in [-0.2, -0.15) is 0 Å². The lowest BCUT2D eigenvalue weighted by Crippen LogP contribution is -2.28. The van der Waals surface area contributed by atoms with E-state index in [2.05, 4.69) is 4.99 Å². The number of methoxy groups -OCH3 is 1. The number of carbonyl (C=O) groups excluding carboxylic acids is 2. The van der Waals surface area contributed by atoms with Gasteiger partial charge < -0.3 is 14.6 Å². The highest BCUT2D eigenvalue weighted by Crippen LogP contribution is 2.35. The third-order valence-electron chi connectivity index (χ3n) is 4.28. The Bertz CT molecular complexity index is 1030. The minimum Gasteiger partial charge on any atom is -0.504 e. The Morgan fingerprint density at radius 1 is 1.23 bits per heavy atom. The number of nitrogens with zero attached hydrogens (tertiary/aromatic N) is 2. The Morgan fingerprint density at radius 2 is 2.03 bits per heavy atom. The number of aromatic hydroxyl groups is 1. The van der Waals surface area contributed by atoms with E-state index in [4.69, 9.17) is 9.47 Å². The molecular weight excluding hydrogens is 404 g/mol. The van der Waals surface area contributed by atoms with Crippen LogP contribution in [-0.2, 0) is 9.53 Å². The molecular formula is C22H22N2O5S. The lowest BCUT2D eigenvalue weighted by atomic mass is 10.2. The molecule has 7 nitrogen and oxygen atoms in total. The van der Waals surface area contributed by atoms with Crippen molar-refractivity contribution in [1.82, 2.24) is 4.90 Å². The fourth-order valence-electron chi connectivity index (χ4n) is 2.84. The van der Waals surface area contributed by atoms with E-state index in [1.807, 2.05) is 13.8 Å². The van der Waals surface area contributed by atoms with Crippen LogP contribution in [-0.4, -0.2) is 47.3 Å². The highest BCUT2D eigenvalue weighted by Gasteiger charge is 2.32. The molecule has 0 radical (unpaired) electrons. The largest absolute Gasteiger partial charge is 0.504 e. The zero-order valence-electron chi connectivity index (χ0n) is 16.9. The molecule has 1 aliphatic rings. The number of aliphatic imine (C=N–C) groups is 1. The fourth-order valence-corrected chi connectivity index (χ4v) is 3.91. The Balaban J connectivity index is 1.92. The number of carbonyl (C=O) groups is 2. The average molecular weight is 426 g/mol. The standard InChI is InChI=1S/C22H22N2O5S/c1-4-24-20(26)19(12-14-9-10-17(25)18(11-14)29-5-2)30-22(24)23-16-8-6-7-15(13-16)21(27)28-3/h6-13,25H,4-5H2,1-3H3. The van der Waals surface area contributed by atoms with Crippen molar-refractivity contribution in [2.24, 2.45) is 4.99 Å². The summed E-state index contributed by atoms with van der Waals surface area (Å²) >= 11 is 1.25. The summed E-state index contributed by atoms with van der Waals surface area (Å²) < 4.78 is 10.2. The summed E-state index contributed by atoms with van der Waals surface area (Å²) in [6.07, 6.45) is 1.74. The van der Waals surface area contributed by atoms with Gasteiger partial charge in [-0.05, 0) is 67.6 Å². The molecule has 0 saturated carbocycles. The van der Waals surface area contributed by atoms with Crippen molar-refractivity contribution in [1.29, 1.82) is 0 Å². The first-order chi connectivity index (χ1) is 14.5. The molecule has 30 heavy (non-hydrogen) atoms. The molecule has 1 fully saturated rings. The number of ether oxygens (including phenoxy) is 2. The molecule has 1 saturated heterocycles. The maximum absolute atomic E-state index is 12.8. The van der Waals surface area contributed by atoms with Crippen LogP contribution in [0.4, 0.5) is 5.69 Å². The van der Waals surface area contributed by atoms with Gasteiger partial charge in [-0.3, -0.25) is 9.69 Å². The van der Waals surface area contributed by atoms with Crippen LogP contribution >= 0.6 is 11.8 Å². The van der Waals surface area contributed by atoms with Crippen LogP contribution in [0, 0.1) is 0 Å². The second-order valence-corrected chi connectivity index (χ2v) is 7.27. The van der Waals surface area contributed by atoms with Gasteiger partial charge in [0.25, 0.3) is 5.91 Å². The zero-order valence-corrected chi connectivity index (χ0v) is 17.7. The fraction of sp³-hybridized carbons (Fsp3) is 0.227. The monoisotopic (exact) mass is 426 g/mol. The topological polar surface area (TPSA) is 88.4 Å². The lowest BCUT2D eigenvalue weighted by Gasteiger charge is -2.12. The minimum absolute atomic E-state index is 0.0484. The predicted molar refractivity (Wildman–Crippen MR) is 117 cm³/mol. The SMILES string of the molecule is CCOc1cc(C=C2SC(=Nc3cccc(C(=O)OC)c3)N(CC)C2=O)ccc1O. The number of phenolic OH excluding ortho intramolecular Hbond substituents is 1. The van der Waals surface area contributed by atoms with Gasteiger partial charge >= 0.3 is 5.97 Å². The van der Waals surface area contributed by atoms with Gasteiger partial charge in [0.2, 0.25) is 0 Å². The van der Waals surface area contributed by atoms with E-state index >= 15 is 0 Å². The molecule has 0 aliphatic carbocycles. The molecule has 2 aromatic rings. The van der Waals surface area contributed by atoms with Crippen LogP contribution in [0.2, 0.25) is 0 Å². The number of amides is 1. The van der Waals surface area contributed by atoms with Gasteiger partial charge in [-0.25, -0.2) is 9.79 Å². The van der Waals surface area contributed by atoms with Gasteiger partial charge in [0.1, 0.15) is 0 Å². The van der Waals surface area contributed by atoms with Gasteiger partial charge in [0.15, 0.2) is 16.7 Å². The van der Waals surface area contributed by atoms with Gasteiger partial charge in [-0.15, -0.1) is 0 Å². The second-order valence-electron chi connectivity index (χ2n) is 6.26. The third kappa shape index (κ3) is 4.65. The molecule has 0 spiro atoms. The Kier molecular flexibility index (Phi) is 6.79. The maximum atomic E-state index is 12.8. The number of hydrogen-bond donors (Lipinski definition) is 1. The summed E-state index contributed by atoms with van der Waals surface area (Å²) in [5.74, 6) is -0.190. The van der Waals surface area contributed by atoms with Crippen molar-refractivity contribution in [3.63, 3.8) is 0 Å². The van der Waals surface area contributed by atoms with Crippen LogP contribution in [0.5, 0.6) is 11.5 Å². The number of amidine groups is 1. The van der Waals surface area contributed by atoms with Crippen LogP contribution in [0.15, 0.2) is 52.4 Å². The molecule has 156 valence electrons. The molecule has 1 heterocycles. The van der Waals surface area contributed by atoms with Crippen molar-refractivity contribution in [2.45, 2.75) is 13.8 Å². The molecule has 3 rings (SSSR count). The Hall–Kier alpha value is -3.26. The molecule has 1 amide bonds. The van der Waals surface area contributed by atoms with Crippen LogP contribution in [0.1, 0.15) is 29.8 Å². The molecule has 0 bridgehead atoms. The summed E-state index contributed by atoms with van der Waals surface area (Å²) in [6, 6.07) is 11.7. The predicted octanol–water partition coefficient (Wildman–Crippen LogP) is 4.20. The zero-order chi connectivity index (χ0) is 21.7. The molecule has 1 aliphatic heterocycles. The van der Waals surface area contributed by atoms with Crippen molar-refractivity contribution in [3.8, 4) is 11.5 Å². The van der Waals surface area contributed by atoms with Crippen molar-refractivity contribution in [2.75, 3.05) is 20.3 Å². The molecule has 8 heteroatoms. The Morgan fingerprint density at radius 3 is 2.73 bits per heavy atom. The van der Waals surface area contributed by atoms with Crippen LogP contribution < -0.4 is 4.74 Å². The Labute approximate surface area is 179 Å². The third-order valence-corrected chi connectivity index (χ3v) is 5.28. The lowest BCUT2D eigenvalue weighted by molar-refractivity contribution is -0.122. The quantitative estimate of drug-likeness (QED) is 0.550. The highest BCUT2D eigenvalue weighted by atomic mass is 32.2. The van der Waals surface area contributed by atoms with Crippen LogP contribution in [0.3, 0.4) is 0 Å². The number of phenols is 1. The van der Waals surface area contributed by atoms with Crippen molar-refractivity contribution >= 4 is 40.6 Å². The normalized spacial score (nSPS) is 16.4. The number of likely N-dealkylation sites (N-methyl/N-ethyl adjacent to an activating group) is 1. The number of rotatable bonds is 6. The van der Waals surface area contributed by atoms with E-state index in [9.17, 15) is 14.7 Å². The molecule has 2 aromatic carbocycles. The van der Waals surface area contributed by atoms with Crippen molar-refractivity contribution < 1.29 is 24.2 Å². The summed E-state index contributed by atoms with van der Waals surface area (Å²) in [5.41, 5.74) is 1.67. The second kappa shape index (κ2) is 9.49. The van der Waals surface area contributed by atoms with E-state index in [1.54, 1.807) is 47.4 Å². The maximum Gasteiger partial charge on any atom is 0.337 e. The first-order valence-electron chi connectivity index (χ1n) is 9.41. The molecule has 0 aromatic heterocycles. The van der Waals surface area contributed by atoms with E-state index in [1.165, 1.54) is 24.9 Å². The van der Waals surface area contributed by atoms with E-state index < -0.39 is 5.97 Å². The van der Waals surface area contributed by atoms with Gasteiger partial charge in [0.05, 0.1) is 29.9 Å². The van der Waals surface area contributed by atoms with Gasteiger partial charge in [-0.1, -0.05) is 12.1 Å². The van der Waals surface area contributed by atoms with Gasteiger partial charge in [0, 0.05) is 6.54 Å². The number of thioether (sulfide) groups is 1. The number of hydrogen-bond acceptors (Lipinski definition) is 7. The molecule has 0 unspecified atom stereocenters. The summed E-state index contributed by atoms with van der Waals surface area (Å²) in [6.45, 7) is 4.58.